The van der Waals surface area contributed by atoms with Crippen molar-refractivity contribution < 1.29 is 4.79 Å². The molecule has 0 bridgehead atoms. The highest BCUT2D eigenvalue weighted by molar-refractivity contribution is 9.10. The number of carbonyl (C=O) groups excluding carboxylic acids is 1. The van der Waals surface area contributed by atoms with Crippen LogP contribution >= 0.6 is 15.9 Å². The fraction of sp³-hybridized carbons (Fsp3) is 0.545. The van der Waals surface area contributed by atoms with Gasteiger partial charge in [0, 0.05) is 29.8 Å². The maximum atomic E-state index is 11.9. The molecule has 0 aliphatic heterocycles. The number of hydrogen-bond acceptors (Lipinski definition) is 2. The first-order chi connectivity index (χ1) is 7.72. The van der Waals surface area contributed by atoms with Crippen LogP contribution in [0.15, 0.2) is 16.7 Å². The molecule has 1 saturated carbocycles. The minimum Gasteiger partial charge on any atom is -0.349 e. The molecule has 1 aliphatic rings. The average molecular weight is 286 g/mol. The van der Waals surface area contributed by atoms with Gasteiger partial charge >= 0.3 is 0 Å². The zero-order chi connectivity index (χ0) is 11.5. The maximum Gasteiger partial charge on any atom is 0.268 e. The van der Waals surface area contributed by atoms with E-state index in [1.165, 1.54) is 12.8 Å². The first kappa shape index (κ1) is 11.7. The van der Waals surface area contributed by atoms with Gasteiger partial charge in [-0.1, -0.05) is 0 Å². The highest BCUT2D eigenvalue weighted by Crippen LogP contribution is 2.37. The van der Waals surface area contributed by atoms with Gasteiger partial charge in [-0.2, -0.15) is 0 Å². The molecule has 0 radical (unpaired) electrons. The second kappa shape index (κ2) is 5.01. The largest absolute Gasteiger partial charge is 0.349 e. The minimum absolute atomic E-state index is 0.00727. The molecule has 16 heavy (non-hydrogen) atoms. The van der Waals surface area contributed by atoms with Crippen molar-refractivity contribution in [3.8, 4) is 0 Å². The maximum absolute atomic E-state index is 11.9. The van der Waals surface area contributed by atoms with Gasteiger partial charge in [-0.15, -0.1) is 0 Å². The van der Waals surface area contributed by atoms with E-state index in [1.807, 2.05) is 19.3 Å². The summed E-state index contributed by atoms with van der Waals surface area (Å²) in [5, 5.41) is 5.89. The average Bonchev–Trinajstić information content (AvgIpc) is 3.02. The molecule has 1 amide bonds. The smallest absolute Gasteiger partial charge is 0.268 e. The molecule has 2 rings (SSSR count). The first-order valence-electron chi connectivity index (χ1n) is 5.52. The third-order valence-electron chi connectivity index (χ3n) is 2.65. The molecule has 0 atom stereocenters. The summed E-state index contributed by atoms with van der Waals surface area (Å²) in [6, 6.07) is 2.41. The molecule has 1 aliphatic carbocycles. The second-order valence-corrected chi connectivity index (χ2v) is 4.96. The highest BCUT2D eigenvalue weighted by atomic mass is 79.9. The van der Waals surface area contributed by atoms with E-state index in [2.05, 4.69) is 31.1 Å². The van der Waals surface area contributed by atoms with Crippen molar-refractivity contribution in [2.45, 2.75) is 18.9 Å². The number of hydrogen-bond donors (Lipinski definition) is 2. The number of nitrogens with zero attached hydrogens (tertiary/aromatic N) is 1. The van der Waals surface area contributed by atoms with Crippen molar-refractivity contribution in [2.75, 3.05) is 20.1 Å². The third-order valence-corrected chi connectivity index (χ3v) is 3.08. The number of amides is 1. The van der Waals surface area contributed by atoms with Crippen LogP contribution in [0.25, 0.3) is 0 Å². The lowest BCUT2D eigenvalue weighted by Crippen LogP contribution is -2.31. The summed E-state index contributed by atoms with van der Waals surface area (Å²) in [5.74, 6) is 0.00727. The van der Waals surface area contributed by atoms with Gasteiger partial charge in [0.2, 0.25) is 0 Å². The Hall–Kier alpha value is -0.810. The van der Waals surface area contributed by atoms with E-state index in [1.54, 1.807) is 0 Å². The summed E-state index contributed by atoms with van der Waals surface area (Å²) in [6.07, 6.45) is 4.35. The van der Waals surface area contributed by atoms with Crippen LogP contribution < -0.4 is 10.6 Å². The Morgan fingerprint density at radius 1 is 1.56 bits per heavy atom. The van der Waals surface area contributed by atoms with Gasteiger partial charge in [-0.3, -0.25) is 4.79 Å². The van der Waals surface area contributed by atoms with Gasteiger partial charge in [-0.05, 0) is 41.9 Å². The SMILES string of the molecule is CNCCNC(=O)c1cc(Br)cn1C1CC1. The molecule has 2 N–H and O–H groups in total. The number of rotatable bonds is 5. The van der Waals surface area contributed by atoms with Crippen molar-refractivity contribution in [3.05, 3.63) is 22.4 Å². The number of aromatic nitrogens is 1. The molecule has 4 nitrogen and oxygen atoms in total. The van der Waals surface area contributed by atoms with Crippen LogP contribution in [0, 0.1) is 0 Å². The Balaban J connectivity index is 2.03. The summed E-state index contributed by atoms with van der Waals surface area (Å²) in [5.41, 5.74) is 0.755. The van der Waals surface area contributed by atoms with Crippen molar-refractivity contribution in [3.63, 3.8) is 0 Å². The van der Waals surface area contributed by atoms with E-state index in [9.17, 15) is 4.79 Å². The van der Waals surface area contributed by atoms with Gasteiger partial charge in [0.1, 0.15) is 5.69 Å². The normalized spacial score (nSPS) is 15.1. The lowest BCUT2D eigenvalue weighted by molar-refractivity contribution is 0.0944. The van der Waals surface area contributed by atoms with Gasteiger partial charge in [0.25, 0.3) is 5.91 Å². The third kappa shape index (κ3) is 2.65. The topological polar surface area (TPSA) is 46.1 Å². The number of halogens is 1. The van der Waals surface area contributed by atoms with Crippen molar-refractivity contribution in [2.24, 2.45) is 0 Å². The molecular formula is C11H16BrN3O. The Bertz CT molecular complexity index is 385. The molecule has 5 heteroatoms. The van der Waals surface area contributed by atoms with Crippen molar-refractivity contribution >= 4 is 21.8 Å². The summed E-state index contributed by atoms with van der Waals surface area (Å²) in [4.78, 5) is 11.9. The molecule has 0 spiro atoms. The molecule has 1 aromatic heterocycles. The lowest BCUT2D eigenvalue weighted by Gasteiger charge is -2.08. The Labute approximate surface area is 104 Å². The number of nitrogens with one attached hydrogen (secondary N) is 2. The van der Waals surface area contributed by atoms with Crippen molar-refractivity contribution in [1.29, 1.82) is 0 Å². The van der Waals surface area contributed by atoms with E-state index < -0.39 is 0 Å². The molecule has 1 aromatic rings. The monoisotopic (exact) mass is 285 g/mol. The van der Waals surface area contributed by atoms with Crippen LogP contribution in [0.3, 0.4) is 0 Å². The first-order valence-corrected chi connectivity index (χ1v) is 6.32. The van der Waals surface area contributed by atoms with E-state index >= 15 is 0 Å². The quantitative estimate of drug-likeness (QED) is 0.806. The van der Waals surface area contributed by atoms with E-state index in [4.69, 9.17) is 0 Å². The van der Waals surface area contributed by atoms with E-state index in [-0.39, 0.29) is 5.91 Å². The van der Waals surface area contributed by atoms with E-state index in [0.717, 1.165) is 16.7 Å². The predicted octanol–water partition coefficient (Wildman–Crippen LogP) is 1.53. The Kier molecular flexibility index (Phi) is 3.66. The highest BCUT2D eigenvalue weighted by Gasteiger charge is 2.27. The van der Waals surface area contributed by atoms with Gasteiger partial charge in [-0.25, -0.2) is 0 Å². The molecule has 0 saturated heterocycles. The van der Waals surface area contributed by atoms with Crippen LogP contribution in [0.2, 0.25) is 0 Å². The van der Waals surface area contributed by atoms with Gasteiger partial charge in [0.15, 0.2) is 0 Å². The molecule has 1 heterocycles. The van der Waals surface area contributed by atoms with E-state index in [0.29, 0.717) is 12.6 Å². The molecule has 1 fully saturated rings. The minimum atomic E-state index is 0.00727. The van der Waals surface area contributed by atoms with Crippen LogP contribution in [0.1, 0.15) is 29.4 Å². The second-order valence-electron chi connectivity index (χ2n) is 4.04. The predicted molar refractivity (Wildman–Crippen MR) is 66.7 cm³/mol. The van der Waals surface area contributed by atoms with Crippen LogP contribution in [0.5, 0.6) is 0 Å². The standard InChI is InChI=1S/C11H16BrN3O/c1-13-4-5-14-11(16)10-6-8(12)7-15(10)9-2-3-9/h6-7,9,13H,2-5H2,1H3,(H,14,16). The Morgan fingerprint density at radius 3 is 2.94 bits per heavy atom. The molecule has 88 valence electrons. The van der Waals surface area contributed by atoms with Crippen LogP contribution in [0.4, 0.5) is 0 Å². The molecule has 0 unspecified atom stereocenters. The Morgan fingerprint density at radius 2 is 2.31 bits per heavy atom. The summed E-state index contributed by atoms with van der Waals surface area (Å²) < 4.78 is 3.04. The van der Waals surface area contributed by atoms with Crippen molar-refractivity contribution in [1.82, 2.24) is 15.2 Å². The summed E-state index contributed by atoms with van der Waals surface area (Å²) in [6.45, 7) is 1.44. The van der Waals surface area contributed by atoms with Crippen LogP contribution in [-0.4, -0.2) is 30.6 Å². The molecular weight excluding hydrogens is 270 g/mol. The van der Waals surface area contributed by atoms with Gasteiger partial charge in [0.05, 0.1) is 0 Å². The van der Waals surface area contributed by atoms with Gasteiger partial charge < -0.3 is 15.2 Å². The zero-order valence-corrected chi connectivity index (χ0v) is 10.9. The summed E-state index contributed by atoms with van der Waals surface area (Å²) in [7, 11) is 1.87. The fourth-order valence-electron chi connectivity index (χ4n) is 1.67. The molecule has 0 aromatic carbocycles. The lowest BCUT2D eigenvalue weighted by atomic mass is 10.4. The number of likely N-dealkylation sites (N-methyl/N-ethyl adjacent to an activating group) is 1. The summed E-state index contributed by atoms with van der Waals surface area (Å²) >= 11 is 3.42. The number of carbonyl (C=O) groups is 1. The fourth-order valence-corrected chi connectivity index (χ4v) is 2.11. The zero-order valence-electron chi connectivity index (χ0n) is 9.29. The van der Waals surface area contributed by atoms with Crippen LogP contribution in [-0.2, 0) is 0 Å².